The Kier molecular flexibility index (Phi) is 5.39. The predicted molar refractivity (Wildman–Crippen MR) is 66.8 cm³/mol. The average Bonchev–Trinajstić information content (AvgIpc) is 2.23. The summed E-state index contributed by atoms with van der Waals surface area (Å²) in [7, 11) is 0. The molecule has 1 aromatic carbocycles. The van der Waals surface area contributed by atoms with E-state index in [2.05, 4.69) is 29.8 Å². The molecule has 90 valence electrons. The third-order valence-electron chi connectivity index (χ3n) is 2.65. The molecule has 0 radical (unpaired) electrons. The highest BCUT2D eigenvalue weighted by Crippen LogP contribution is 2.19. The monoisotopic (exact) mass is 290 g/mol. The van der Waals surface area contributed by atoms with E-state index in [4.69, 9.17) is 0 Å². The molecule has 0 aliphatic heterocycles. The van der Waals surface area contributed by atoms with Gasteiger partial charge in [0.25, 0.3) is 0 Å². The molecule has 1 rings (SSSR count). The topological polar surface area (TPSA) is 0 Å². The first kappa shape index (κ1) is 13.6. The highest BCUT2D eigenvalue weighted by Gasteiger charge is 2.09. The van der Waals surface area contributed by atoms with Crippen molar-refractivity contribution in [2.45, 2.75) is 37.9 Å². The minimum atomic E-state index is -0.774. The molecular formula is C13H17BrF2. The standard InChI is InChI=1S/C13H17BrF2/c1-9(2)11(14)5-3-4-10-6-7-12(15)13(16)8-10/h6-9,11H,3-5H2,1-2H3. The Labute approximate surface area is 104 Å². The summed E-state index contributed by atoms with van der Waals surface area (Å²) in [6.45, 7) is 4.33. The smallest absolute Gasteiger partial charge is 0.159 e. The third kappa shape index (κ3) is 4.20. The zero-order valence-electron chi connectivity index (χ0n) is 9.64. The summed E-state index contributed by atoms with van der Waals surface area (Å²) in [5, 5.41) is 0. The van der Waals surface area contributed by atoms with Gasteiger partial charge in [-0.3, -0.25) is 0 Å². The molecule has 0 nitrogen and oxygen atoms in total. The zero-order chi connectivity index (χ0) is 12.1. The van der Waals surface area contributed by atoms with Gasteiger partial charge < -0.3 is 0 Å². The fourth-order valence-electron chi connectivity index (χ4n) is 1.53. The summed E-state index contributed by atoms with van der Waals surface area (Å²) >= 11 is 3.61. The van der Waals surface area contributed by atoms with Crippen LogP contribution in [0.1, 0.15) is 32.3 Å². The van der Waals surface area contributed by atoms with Crippen LogP contribution >= 0.6 is 15.9 Å². The Morgan fingerprint density at radius 1 is 1.19 bits per heavy atom. The maximum Gasteiger partial charge on any atom is 0.159 e. The second-order valence-corrected chi connectivity index (χ2v) is 5.58. The van der Waals surface area contributed by atoms with Crippen LogP contribution in [0.4, 0.5) is 8.78 Å². The zero-order valence-corrected chi connectivity index (χ0v) is 11.2. The van der Waals surface area contributed by atoms with Gasteiger partial charge in [-0.05, 0) is 42.9 Å². The van der Waals surface area contributed by atoms with Gasteiger partial charge in [-0.1, -0.05) is 35.8 Å². The number of rotatable bonds is 5. The van der Waals surface area contributed by atoms with Gasteiger partial charge in [0.1, 0.15) is 0 Å². The van der Waals surface area contributed by atoms with E-state index >= 15 is 0 Å². The van der Waals surface area contributed by atoms with E-state index in [9.17, 15) is 8.78 Å². The molecule has 0 saturated heterocycles. The van der Waals surface area contributed by atoms with Gasteiger partial charge in [0.15, 0.2) is 11.6 Å². The van der Waals surface area contributed by atoms with Crippen molar-refractivity contribution < 1.29 is 8.78 Å². The van der Waals surface area contributed by atoms with Crippen molar-refractivity contribution in [2.24, 2.45) is 5.92 Å². The normalized spacial score (nSPS) is 13.1. The van der Waals surface area contributed by atoms with Gasteiger partial charge in [0.2, 0.25) is 0 Å². The lowest BCUT2D eigenvalue weighted by Crippen LogP contribution is -2.07. The van der Waals surface area contributed by atoms with E-state index in [1.54, 1.807) is 6.07 Å². The Bertz CT molecular complexity index is 337. The largest absolute Gasteiger partial charge is 0.204 e. The Balaban J connectivity index is 2.40. The van der Waals surface area contributed by atoms with Crippen molar-refractivity contribution in [1.82, 2.24) is 0 Å². The lowest BCUT2D eigenvalue weighted by molar-refractivity contribution is 0.506. The minimum Gasteiger partial charge on any atom is -0.204 e. The van der Waals surface area contributed by atoms with Crippen LogP contribution in [0.15, 0.2) is 18.2 Å². The van der Waals surface area contributed by atoms with Crippen LogP contribution in [-0.4, -0.2) is 4.83 Å². The number of aryl methyl sites for hydroxylation is 1. The van der Waals surface area contributed by atoms with Gasteiger partial charge in [-0.2, -0.15) is 0 Å². The lowest BCUT2D eigenvalue weighted by Gasteiger charge is -2.13. The Hall–Kier alpha value is -0.440. The number of hydrogen-bond donors (Lipinski definition) is 0. The van der Waals surface area contributed by atoms with Crippen LogP contribution in [0.5, 0.6) is 0 Å². The molecule has 0 aromatic heterocycles. The molecule has 0 spiro atoms. The van der Waals surface area contributed by atoms with Crippen LogP contribution in [0.2, 0.25) is 0 Å². The van der Waals surface area contributed by atoms with E-state index < -0.39 is 11.6 Å². The molecule has 0 amide bonds. The number of alkyl halides is 1. The quantitative estimate of drug-likeness (QED) is 0.689. The van der Waals surface area contributed by atoms with Crippen molar-refractivity contribution in [3.05, 3.63) is 35.4 Å². The Morgan fingerprint density at radius 2 is 1.88 bits per heavy atom. The first-order valence-corrected chi connectivity index (χ1v) is 6.50. The maximum atomic E-state index is 12.9. The van der Waals surface area contributed by atoms with Gasteiger partial charge in [0, 0.05) is 4.83 Å². The third-order valence-corrected chi connectivity index (χ3v) is 4.17. The first-order valence-electron chi connectivity index (χ1n) is 5.58. The van der Waals surface area contributed by atoms with Crippen molar-refractivity contribution in [3.63, 3.8) is 0 Å². The predicted octanol–water partition coefficient (Wildman–Crippen LogP) is 4.71. The summed E-state index contributed by atoms with van der Waals surface area (Å²) in [4.78, 5) is 0.498. The van der Waals surface area contributed by atoms with Gasteiger partial charge in [0.05, 0.1) is 0 Å². The number of benzene rings is 1. The molecule has 1 aromatic rings. The van der Waals surface area contributed by atoms with Gasteiger partial charge in [-0.25, -0.2) is 8.78 Å². The molecule has 3 heteroatoms. The van der Waals surface area contributed by atoms with E-state index in [1.807, 2.05) is 0 Å². The van der Waals surface area contributed by atoms with Crippen molar-refractivity contribution >= 4 is 15.9 Å². The summed E-state index contributed by atoms with van der Waals surface area (Å²) in [5.41, 5.74) is 0.863. The van der Waals surface area contributed by atoms with Crippen LogP contribution in [-0.2, 0) is 6.42 Å². The second-order valence-electron chi connectivity index (χ2n) is 4.40. The SMILES string of the molecule is CC(C)C(Br)CCCc1ccc(F)c(F)c1. The fraction of sp³-hybridized carbons (Fsp3) is 0.538. The molecule has 0 saturated carbocycles. The molecule has 0 bridgehead atoms. The van der Waals surface area contributed by atoms with E-state index in [-0.39, 0.29) is 0 Å². The summed E-state index contributed by atoms with van der Waals surface area (Å²) in [6, 6.07) is 4.13. The highest BCUT2D eigenvalue weighted by molar-refractivity contribution is 9.09. The fourth-order valence-corrected chi connectivity index (χ4v) is 1.85. The molecule has 0 heterocycles. The highest BCUT2D eigenvalue weighted by atomic mass is 79.9. The summed E-state index contributed by atoms with van der Waals surface area (Å²) < 4.78 is 25.6. The van der Waals surface area contributed by atoms with Crippen LogP contribution in [0, 0.1) is 17.6 Å². The van der Waals surface area contributed by atoms with E-state index in [1.165, 1.54) is 12.1 Å². The van der Waals surface area contributed by atoms with Crippen molar-refractivity contribution in [1.29, 1.82) is 0 Å². The molecule has 1 unspecified atom stereocenters. The van der Waals surface area contributed by atoms with E-state index in [0.29, 0.717) is 10.7 Å². The molecule has 16 heavy (non-hydrogen) atoms. The molecule has 0 aliphatic carbocycles. The van der Waals surface area contributed by atoms with E-state index in [0.717, 1.165) is 24.8 Å². The summed E-state index contributed by atoms with van der Waals surface area (Å²) in [6.07, 6.45) is 2.84. The average molecular weight is 291 g/mol. The summed E-state index contributed by atoms with van der Waals surface area (Å²) in [5.74, 6) is -0.925. The van der Waals surface area contributed by atoms with Crippen LogP contribution in [0.3, 0.4) is 0 Å². The molecule has 0 aliphatic rings. The van der Waals surface area contributed by atoms with Gasteiger partial charge in [-0.15, -0.1) is 0 Å². The van der Waals surface area contributed by atoms with Crippen LogP contribution in [0.25, 0.3) is 0 Å². The maximum absolute atomic E-state index is 12.9. The molecule has 0 fully saturated rings. The molecule has 1 atom stereocenters. The van der Waals surface area contributed by atoms with Gasteiger partial charge >= 0.3 is 0 Å². The van der Waals surface area contributed by atoms with Crippen LogP contribution < -0.4 is 0 Å². The number of halogens is 3. The lowest BCUT2D eigenvalue weighted by atomic mass is 10.0. The van der Waals surface area contributed by atoms with Crippen molar-refractivity contribution in [3.8, 4) is 0 Å². The molecular weight excluding hydrogens is 274 g/mol. The Morgan fingerprint density at radius 3 is 2.44 bits per heavy atom. The number of hydrogen-bond acceptors (Lipinski definition) is 0. The van der Waals surface area contributed by atoms with Crippen molar-refractivity contribution in [2.75, 3.05) is 0 Å². The molecule has 0 N–H and O–H groups in total. The second kappa shape index (κ2) is 6.33. The minimum absolute atomic E-state index is 0.498. The first-order chi connectivity index (χ1) is 7.50.